The second kappa shape index (κ2) is 2.37. The highest BCUT2D eigenvalue weighted by Crippen LogP contribution is 2.18. The summed E-state index contributed by atoms with van der Waals surface area (Å²) in [5.74, 6) is 0. The lowest BCUT2D eigenvalue weighted by atomic mass is 9.89. The molecule has 0 unspecified atom stereocenters. The van der Waals surface area contributed by atoms with Crippen LogP contribution in [0.5, 0.6) is 0 Å². The average Bonchev–Trinajstić information content (AvgIpc) is 1.97. The molecule has 0 aliphatic rings. The van der Waals surface area contributed by atoms with E-state index in [4.69, 9.17) is 5.52 Å². The third-order valence-corrected chi connectivity index (χ3v) is 1.19. The zero-order valence-electron chi connectivity index (χ0n) is 10.4. The van der Waals surface area contributed by atoms with E-state index < -0.39 is 5.41 Å². The lowest BCUT2D eigenvalue weighted by molar-refractivity contribution is -0.384. The van der Waals surface area contributed by atoms with E-state index in [1.807, 2.05) is 20.8 Å². The SMILES string of the molecule is [2H]c1nc([2H])[n+]([2H])c([2H])c1C(C)(C)C. The van der Waals surface area contributed by atoms with Crippen LogP contribution in [0.3, 0.4) is 0 Å². The second-order valence-corrected chi connectivity index (χ2v) is 3.17. The molecule has 2 nitrogen and oxygen atoms in total. The minimum atomic E-state index is -0.405. The van der Waals surface area contributed by atoms with E-state index in [-0.39, 0.29) is 18.6 Å². The van der Waals surface area contributed by atoms with Crippen molar-refractivity contribution in [2.75, 3.05) is 0 Å². The summed E-state index contributed by atoms with van der Waals surface area (Å²) in [4.78, 5) is 4.21. The molecule has 1 heterocycles. The number of rotatable bonds is 0. The minimum absolute atomic E-state index is 0.0870. The van der Waals surface area contributed by atoms with E-state index in [1.54, 1.807) is 0 Å². The number of nitrogens with zero attached hydrogens (tertiary/aromatic N) is 1. The summed E-state index contributed by atoms with van der Waals surface area (Å²) in [7, 11) is 0. The van der Waals surface area contributed by atoms with Gasteiger partial charge in [-0.25, -0.2) is 0 Å². The van der Waals surface area contributed by atoms with E-state index in [0.29, 0.717) is 10.5 Å². The zero-order chi connectivity index (χ0) is 11.1. The van der Waals surface area contributed by atoms with E-state index in [9.17, 15) is 0 Å². The van der Waals surface area contributed by atoms with Crippen molar-refractivity contribution in [3.63, 3.8) is 0 Å². The number of hydrogen-bond acceptors (Lipinski definition) is 1. The molecule has 1 aromatic heterocycles. The van der Waals surface area contributed by atoms with Crippen LogP contribution in [0.15, 0.2) is 18.6 Å². The number of aromatic amines is 1. The molecule has 2 heteroatoms. The van der Waals surface area contributed by atoms with Crippen molar-refractivity contribution in [2.24, 2.45) is 0 Å². The highest BCUT2D eigenvalue weighted by molar-refractivity contribution is 5.11. The van der Waals surface area contributed by atoms with E-state index in [1.165, 1.54) is 0 Å². The fraction of sp³-hybridized carbons (Fsp3) is 0.500. The van der Waals surface area contributed by atoms with Crippen molar-refractivity contribution in [1.82, 2.24) is 4.98 Å². The predicted octanol–water partition coefficient (Wildman–Crippen LogP) is 1.19. The van der Waals surface area contributed by atoms with Gasteiger partial charge in [0.25, 0.3) is 6.30 Å². The first-order chi connectivity index (χ1) is 6.25. The van der Waals surface area contributed by atoms with E-state index >= 15 is 0 Å². The Hall–Kier alpha value is -0.920. The summed E-state index contributed by atoms with van der Waals surface area (Å²) in [5.41, 5.74) is -0.0130. The summed E-state index contributed by atoms with van der Waals surface area (Å²) in [5, 5.41) is 0. The van der Waals surface area contributed by atoms with Gasteiger partial charge in [-0.1, -0.05) is 25.8 Å². The first-order valence-corrected chi connectivity index (χ1v) is 3.14. The molecule has 0 spiro atoms. The lowest BCUT2D eigenvalue weighted by Gasteiger charge is -2.14. The van der Waals surface area contributed by atoms with Gasteiger partial charge in [-0.2, -0.15) is 0 Å². The number of aromatic nitrogens is 2. The fourth-order valence-corrected chi connectivity index (χ4v) is 0.547. The molecule has 0 aliphatic carbocycles. The van der Waals surface area contributed by atoms with E-state index in [0.717, 1.165) is 0 Å². The van der Waals surface area contributed by atoms with Gasteiger partial charge in [-0.3, -0.25) is 4.98 Å². The molecule has 0 fully saturated rings. The Morgan fingerprint density at radius 1 is 1.70 bits per heavy atom. The van der Waals surface area contributed by atoms with Crippen LogP contribution in [-0.2, 0) is 5.41 Å². The molecule has 0 saturated carbocycles. The van der Waals surface area contributed by atoms with Crippen LogP contribution in [-0.4, -0.2) is 4.98 Å². The number of nitrogens with one attached hydrogen (secondary N) is 1. The maximum atomic E-state index is 7.63. The summed E-state index contributed by atoms with van der Waals surface area (Å²) in [6.07, 6.45) is -0.605. The quantitative estimate of drug-likeness (QED) is 0.533. The Morgan fingerprint density at radius 2 is 2.40 bits per heavy atom. The number of hydrogen-bond donors (Lipinski definition) is 0. The van der Waals surface area contributed by atoms with Gasteiger partial charge in [0.1, 0.15) is 8.91 Å². The Kier molecular flexibility index (Phi) is 0.820. The Bertz CT molecular complexity index is 371. The van der Waals surface area contributed by atoms with Crippen LogP contribution in [0, 0.1) is 0 Å². The maximum absolute atomic E-state index is 7.63. The van der Waals surface area contributed by atoms with Crippen LogP contribution in [0.25, 0.3) is 0 Å². The van der Waals surface area contributed by atoms with Gasteiger partial charge in [0.15, 0.2) is 1.37 Å². The highest BCUT2D eigenvalue weighted by atomic mass is 14.8. The second-order valence-electron chi connectivity index (χ2n) is 3.17. The highest BCUT2D eigenvalue weighted by Gasteiger charge is 2.15. The molecule has 0 saturated heterocycles. The molecular weight excluding hydrogens is 124 g/mol. The van der Waals surface area contributed by atoms with Gasteiger partial charge in [0.05, 0.1) is 6.17 Å². The summed E-state index contributed by atoms with van der Waals surface area (Å²) in [6, 6.07) is 0. The fourth-order valence-electron chi connectivity index (χ4n) is 0.547. The van der Waals surface area contributed by atoms with Crippen molar-refractivity contribution in [3.8, 4) is 0 Å². The van der Waals surface area contributed by atoms with Gasteiger partial charge in [-0.05, 0) is 5.41 Å². The third kappa shape index (κ3) is 1.53. The molecule has 0 amide bonds. The molecule has 0 atom stereocenters. The predicted molar refractivity (Wildman–Crippen MR) is 39.5 cm³/mol. The lowest BCUT2D eigenvalue weighted by Crippen LogP contribution is -2.15. The molecule has 0 radical (unpaired) electrons. The van der Waals surface area contributed by atoms with Crippen LogP contribution in [0.1, 0.15) is 30.4 Å². The molecule has 1 rings (SSSR count). The molecular formula is C8H13N2+. The molecule has 54 valence electrons. The first kappa shape index (κ1) is 3.46. The third-order valence-electron chi connectivity index (χ3n) is 1.19. The van der Waals surface area contributed by atoms with Crippen LogP contribution in [0.4, 0.5) is 0 Å². The van der Waals surface area contributed by atoms with Gasteiger partial charge >= 0.3 is 1.41 Å². The molecule has 10 heavy (non-hydrogen) atoms. The van der Waals surface area contributed by atoms with Crippen molar-refractivity contribution in [1.29, 1.82) is 0 Å². The van der Waals surface area contributed by atoms with Crippen molar-refractivity contribution in [2.45, 2.75) is 26.2 Å². The van der Waals surface area contributed by atoms with E-state index in [2.05, 4.69) is 4.98 Å². The molecule has 0 aliphatic heterocycles. The maximum Gasteiger partial charge on any atom is 0.311 e. The molecule has 1 aromatic rings. The van der Waals surface area contributed by atoms with Crippen LogP contribution in [0.2, 0.25) is 1.41 Å². The van der Waals surface area contributed by atoms with Crippen LogP contribution >= 0.6 is 0 Å². The summed E-state index contributed by atoms with van der Waals surface area (Å²) < 4.78 is 29.8. The topological polar surface area (TPSA) is 27.0 Å². The molecule has 0 bridgehead atoms. The van der Waals surface area contributed by atoms with Crippen molar-refractivity contribution >= 4 is 0 Å². The number of H-pyrrole nitrogens is 1. The Morgan fingerprint density at radius 3 is 3.00 bits per heavy atom. The van der Waals surface area contributed by atoms with Gasteiger partial charge < -0.3 is 0 Å². The van der Waals surface area contributed by atoms with Crippen LogP contribution < -0.4 is 4.98 Å². The average molecular weight is 141 g/mol. The zero-order valence-corrected chi connectivity index (χ0v) is 6.39. The Labute approximate surface area is 67.0 Å². The molecule has 0 aromatic carbocycles. The molecule has 1 N–H and O–H groups in total. The van der Waals surface area contributed by atoms with Gasteiger partial charge in [0.2, 0.25) is 0 Å². The standard InChI is InChI=1S/C8H12N2/c1-8(2,3)7-4-9-6-10-5-7/h4-6H,1-3H3/p+1/i4D,5D,6D/hD. The first-order valence-electron chi connectivity index (χ1n) is 5.09. The van der Waals surface area contributed by atoms with Gasteiger partial charge in [-0.15, -0.1) is 0 Å². The largest absolute Gasteiger partial charge is 0.311 e. The van der Waals surface area contributed by atoms with Gasteiger partial charge in [0, 0.05) is 5.56 Å². The smallest absolute Gasteiger partial charge is 0.250 e. The summed E-state index contributed by atoms with van der Waals surface area (Å²) in [6.45, 7) is 5.55. The van der Waals surface area contributed by atoms with Crippen molar-refractivity contribution in [3.05, 3.63) is 24.2 Å². The Balaban J connectivity index is 3.53. The monoisotopic (exact) mass is 141 g/mol. The van der Waals surface area contributed by atoms with Crippen molar-refractivity contribution < 1.29 is 10.5 Å². The summed E-state index contributed by atoms with van der Waals surface area (Å²) >= 11 is 0. The normalized spacial score (nSPS) is 17.1. The minimum Gasteiger partial charge on any atom is -0.250 e.